The number of hydrogen-bond donors (Lipinski definition) is 2. The van der Waals surface area contributed by atoms with Crippen molar-refractivity contribution in [1.29, 1.82) is 0 Å². The zero-order valence-corrected chi connectivity index (χ0v) is 12.4. The van der Waals surface area contributed by atoms with Crippen LogP contribution in [0.4, 0.5) is 5.69 Å². The van der Waals surface area contributed by atoms with E-state index in [1.54, 1.807) is 20.2 Å². The second-order valence-electron chi connectivity index (χ2n) is 4.63. The first kappa shape index (κ1) is 14.8. The van der Waals surface area contributed by atoms with Gasteiger partial charge in [0, 0.05) is 24.4 Å². The molecule has 0 atom stereocenters. The summed E-state index contributed by atoms with van der Waals surface area (Å²) in [6.07, 6.45) is 0. The molecule has 1 aromatic heterocycles. The van der Waals surface area contributed by atoms with Crippen molar-refractivity contribution in [2.45, 2.75) is 13.5 Å². The number of nitrogens with one attached hydrogen (secondary N) is 2. The van der Waals surface area contributed by atoms with Crippen molar-refractivity contribution < 1.29 is 9.53 Å². The minimum absolute atomic E-state index is 0.0995. The maximum Gasteiger partial charge on any atom is 0.251 e. The van der Waals surface area contributed by atoms with E-state index < -0.39 is 0 Å². The Kier molecular flexibility index (Phi) is 4.77. The number of rotatable bonds is 5. The summed E-state index contributed by atoms with van der Waals surface area (Å²) in [5, 5.41) is 5.92. The second kappa shape index (κ2) is 6.74. The van der Waals surface area contributed by atoms with E-state index in [1.165, 1.54) is 0 Å². The molecule has 0 aliphatic carbocycles. The summed E-state index contributed by atoms with van der Waals surface area (Å²) in [6.45, 7) is 2.56. The standard InChI is InChI=1S/C16H19N3O2/c1-11-7-8-12(16(20)17-2)9-14(11)18-10-13-5-4-6-15(19-13)21-3/h4-9,18H,10H2,1-3H3,(H,17,20). The number of amides is 1. The molecule has 0 spiro atoms. The van der Waals surface area contributed by atoms with E-state index in [0.29, 0.717) is 18.0 Å². The summed E-state index contributed by atoms with van der Waals surface area (Å²) in [5.41, 5.74) is 3.49. The van der Waals surface area contributed by atoms with Gasteiger partial charge in [-0.3, -0.25) is 4.79 Å². The molecule has 5 heteroatoms. The molecule has 0 saturated heterocycles. The largest absolute Gasteiger partial charge is 0.481 e. The van der Waals surface area contributed by atoms with E-state index >= 15 is 0 Å². The Bertz CT molecular complexity index is 641. The van der Waals surface area contributed by atoms with Crippen LogP contribution >= 0.6 is 0 Å². The van der Waals surface area contributed by atoms with Crippen molar-refractivity contribution in [3.63, 3.8) is 0 Å². The first-order valence-electron chi connectivity index (χ1n) is 6.70. The van der Waals surface area contributed by atoms with E-state index in [4.69, 9.17) is 4.74 Å². The number of anilines is 1. The lowest BCUT2D eigenvalue weighted by Gasteiger charge is -2.11. The van der Waals surface area contributed by atoms with Crippen LogP contribution in [-0.4, -0.2) is 25.0 Å². The fourth-order valence-corrected chi connectivity index (χ4v) is 1.95. The van der Waals surface area contributed by atoms with Gasteiger partial charge in [0.15, 0.2) is 0 Å². The maximum absolute atomic E-state index is 11.7. The third kappa shape index (κ3) is 3.72. The fraction of sp³-hybridized carbons (Fsp3) is 0.250. The van der Waals surface area contributed by atoms with Crippen LogP contribution in [0.3, 0.4) is 0 Å². The third-order valence-electron chi connectivity index (χ3n) is 3.18. The van der Waals surface area contributed by atoms with Crippen LogP contribution < -0.4 is 15.4 Å². The SMILES string of the molecule is CNC(=O)c1ccc(C)c(NCc2cccc(OC)n2)c1. The number of methoxy groups -OCH3 is 1. The Morgan fingerprint density at radius 2 is 2.10 bits per heavy atom. The van der Waals surface area contributed by atoms with E-state index in [-0.39, 0.29) is 5.91 Å². The lowest BCUT2D eigenvalue weighted by atomic mass is 10.1. The van der Waals surface area contributed by atoms with Gasteiger partial charge in [-0.05, 0) is 30.7 Å². The molecule has 21 heavy (non-hydrogen) atoms. The highest BCUT2D eigenvalue weighted by atomic mass is 16.5. The average molecular weight is 285 g/mol. The van der Waals surface area contributed by atoms with Crippen LogP contribution in [0.1, 0.15) is 21.6 Å². The number of benzene rings is 1. The Balaban J connectivity index is 2.13. The van der Waals surface area contributed by atoms with Crippen molar-refractivity contribution in [2.75, 3.05) is 19.5 Å². The summed E-state index contributed by atoms with van der Waals surface area (Å²) in [5.74, 6) is 0.489. The predicted molar refractivity (Wildman–Crippen MR) is 82.7 cm³/mol. The molecule has 1 heterocycles. The smallest absolute Gasteiger partial charge is 0.251 e. The predicted octanol–water partition coefficient (Wildman–Crippen LogP) is 2.37. The van der Waals surface area contributed by atoms with Crippen LogP contribution in [0.25, 0.3) is 0 Å². The molecule has 0 unspecified atom stereocenters. The molecule has 5 nitrogen and oxygen atoms in total. The maximum atomic E-state index is 11.7. The normalized spacial score (nSPS) is 10.0. The minimum Gasteiger partial charge on any atom is -0.481 e. The minimum atomic E-state index is -0.0995. The number of hydrogen-bond acceptors (Lipinski definition) is 4. The Morgan fingerprint density at radius 1 is 1.29 bits per heavy atom. The van der Waals surface area contributed by atoms with E-state index in [9.17, 15) is 4.79 Å². The van der Waals surface area contributed by atoms with Gasteiger partial charge in [-0.25, -0.2) is 4.98 Å². The molecule has 110 valence electrons. The van der Waals surface area contributed by atoms with Crippen molar-refractivity contribution in [3.8, 4) is 5.88 Å². The van der Waals surface area contributed by atoms with Crippen molar-refractivity contribution >= 4 is 11.6 Å². The number of aryl methyl sites for hydroxylation is 1. The molecule has 0 bridgehead atoms. The number of pyridine rings is 1. The van der Waals surface area contributed by atoms with Gasteiger partial charge in [0.25, 0.3) is 5.91 Å². The van der Waals surface area contributed by atoms with Crippen LogP contribution in [0.5, 0.6) is 5.88 Å². The van der Waals surface area contributed by atoms with Gasteiger partial charge in [-0.15, -0.1) is 0 Å². The Morgan fingerprint density at radius 3 is 2.81 bits per heavy atom. The van der Waals surface area contributed by atoms with Crippen molar-refractivity contribution in [2.24, 2.45) is 0 Å². The highest BCUT2D eigenvalue weighted by Crippen LogP contribution is 2.18. The molecule has 0 radical (unpaired) electrons. The lowest BCUT2D eigenvalue weighted by molar-refractivity contribution is 0.0963. The van der Waals surface area contributed by atoms with Crippen molar-refractivity contribution in [1.82, 2.24) is 10.3 Å². The molecular formula is C16H19N3O2. The molecule has 2 N–H and O–H groups in total. The summed E-state index contributed by atoms with van der Waals surface area (Å²) < 4.78 is 5.10. The molecular weight excluding hydrogens is 266 g/mol. The molecule has 1 amide bonds. The Labute approximate surface area is 124 Å². The quantitative estimate of drug-likeness (QED) is 0.885. The third-order valence-corrected chi connectivity index (χ3v) is 3.18. The summed E-state index contributed by atoms with van der Waals surface area (Å²) >= 11 is 0. The zero-order chi connectivity index (χ0) is 15.2. The number of ether oxygens (including phenoxy) is 1. The van der Waals surface area contributed by atoms with Gasteiger partial charge >= 0.3 is 0 Å². The van der Waals surface area contributed by atoms with Gasteiger partial charge in [0.05, 0.1) is 19.3 Å². The molecule has 0 aliphatic rings. The summed E-state index contributed by atoms with van der Waals surface area (Å²) in [7, 11) is 3.21. The second-order valence-corrected chi connectivity index (χ2v) is 4.63. The van der Waals surface area contributed by atoms with Gasteiger partial charge < -0.3 is 15.4 Å². The lowest BCUT2D eigenvalue weighted by Crippen LogP contribution is -2.18. The van der Waals surface area contributed by atoms with Gasteiger partial charge in [0.2, 0.25) is 5.88 Å². The van der Waals surface area contributed by atoms with E-state index in [2.05, 4.69) is 15.6 Å². The fourth-order valence-electron chi connectivity index (χ4n) is 1.95. The number of carbonyl (C=O) groups is 1. The molecule has 2 rings (SSSR count). The van der Waals surface area contributed by atoms with Crippen LogP contribution in [0.15, 0.2) is 36.4 Å². The molecule has 0 saturated carbocycles. The summed E-state index contributed by atoms with van der Waals surface area (Å²) in [6, 6.07) is 11.2. The van der Waals surface area contributed by atoms with Crippen LogP contribution in [0, 0.1) is 6.92 Å². The van der Waals surface area contributed by atoms with E-state index in [0.717, 1.165) is 16.9 Å². The van der Waals surface area contributed by atoms with Gasteiger partial charge in [-0.2, -0.15) is 0 Å². The monoisotopic (exact) mass is 285 g/mol. The van der Waals surface area contributed by atoms with Gasteiger partial charge in [0.1, 0.15) is 0 Å². The topological polar surface area (TPSA) is 63.2 Å². The first-order chi connectivity index (χ1) is 10.1. The molecule has 2 aromatic rings. The zero-order valence-electron chi connectivity index (χ0n) is 12.4. The van der Waals surface area contributed by atoms with E-state index in [1.807, 2.05) is 37.3 Å². The molecule has 0 fully saturated rings. The summed E-state index contributed by atoms with van der Waals surface area (Å²) in [4.78, 5) is 16.0. The average Bonchev–Trinajstić information content (AvgIpc) is 2.53. The highest BCUT2D eigenvalue weighted by Gasteiger charge is 2.06. The van der Waals surface area contributed by atoms with Crippen molar-refractivity contribution in [3.05, 3.63) is 53.2 Å². The Hall–Kier alpha value is -2.56. The van der Waals surface area contributed by atoms with Crippen LogP contribution in [-0.2, 0) is 6.54 Å². The highest BCUT2D eigenvalue weighted by molar-refractivity contribution is 5.95. The molecule has 0 aliphatic heterocycles. The van der Waals surface area contributed by atoms with Crippen LogP contribution in [0.2, 0.25) is 0 Å². The number of nitrogens with zero attached hydrogens (tertiary/aromatic N) is 1. The molecule has 1 aromatic carbocycles. The van der Waals surface area contributed by atoms with Gasteiger partial charge in [-0.1, -0.05) is 12.1 Å². The first-order valence-corrected chi connectivity index (χ1v) is 6.70. The number of aromatic nitrogens is 1. The number of carbonyl (C=O) groups excluding carboxylic acids is 1.